The van der Waals surface area contributed by atoms with E-state index >= 15 is 0 Å². The average molecular weight is 209 g/mol. The van der Waals surface area contributed by atoms with Crippen LogP contribution in [0.5, 0.6) is 0 Å². The quantitative estimate of drug-likeness (QED) is 0.661. The first kappa shape index (κ1) is 10.2. The molecule has 0 aromatic carbocycles. The van der Waals surface area contributed by atoms with Crippen molar-refractivity contribution in [1.82, 2.24) is 5.32 Å². The molecule has 15 heavy (non-hydrogen) atoms. The molecule has 0 bridgehead atoms. The maximum absolute atomic E-state index is 11.5. The van der Waals surface area contributed by atoms with E-state index in [2.05, 4.69) is 5.32 Å². The number of amides is 1. The summed E-state index contributed by atoms with van der Waals surface area (Å²) in [6.07, 6.45) is 6.90. The van der Waals surface area contributed by atoms with Crippen LogP contribution in [0.1, 0.15) is 39.0 Å². The predicted octanol–water partition coefficient (Wildman–Crippen LogP) is 1.27. The molecular weight excluding hydrogens is 194 g/mol. The van der Waals surface area contributed by atoms with Crippen LogP contribution in [0.3, 0.4) is 0 Å². The zero-order chi connectivity index (χ0) is 10.9. The smallest absolute Gasteiger partial charge is 0.355 e. The molecule has 1 fully saturated rings. The van der Waals surface area contributed by atoms with Crippen LogP contribution >= 0.6 is 0 Å². The van der Waals surface area contributed by atoms with E-state index in [0.717, 1.165) is 25.7 Å². The lowest BCUT2D eigenvalue weighted by Gasteiger charge is -2.29. The van der Waals surface area contributed by atoms with Crippen LogP contribution in [0.4, 0.5) is 0 Å². The molecule has 0 aromatic rings. The summed E-state index contributed by atoms with van der Waals surface area (Å²) >= 11 is 0. The van der Waals surface area contributed by atoms with E-state index in [1.165, 1.54) is 13.3 Å². The third-order valence-electron chi connectivity index (χ3n) is 2.93. The van der Waals surface area contributed by atoms with Gasteiger partial charge in [0.2, 0.25) is 5.91 Å². The van der Waals surface area contributed by atoms with Crippen molar-refractivity contribution >= 4 is 11.9 Å². The topological polar surface area (TPSA) is 55.4 Å². The lowest BCUT2D eigenvalue weighted by molar-refractivity contribution is -0.149. The van der Waals surface area contributed by atoms with Gasteiger partial charge in [-0.1, -0.05) is 6.42 Å². The van der Waals surface area contributed by atoms with E-state index < -0.39 is 11.6 Å². The van der Waals surface area contributed by atoms with Gasteiger partial charge in [0, 0.05) is 6.92 Å². The Labute approximate surface area is 88.7 Å². The molecule has 4 heteroatoms. The van der Waals surface area contributed by atoms with E-state index in [1.54, 1.807) is 6.08 Å². The van der Waals surface area contributed by atoms with Crippen LogP contribution in [0.25, 0.3) is 0 Å². The molecule has 2 aliphatic rings. The predicted molar refractivity (Wildman–Crippen MR) is 53.8 cm³/mol. The van der Waals surface area contributed by atoms with Crippen LogP contribution in [0.2, 0.25) is 0 Å². The van der Waals surface area contributed by atoms with Gasteiger partial charge in [0.05, 0.1) is 0 Å². The van der Waals surface area contributed by atoms with Gasteiger partial charge in [0.15, 0.2) is 0 Å². The fraction of sp³-hybridized carbons (Fsp3) is 0.636. The van der Waals surface area contributed by atoms with Crippen molar-refractivity contribution in [2.24, 2.45) is 0 Å². The summed E-state index contributed by atoms with van der Waals surface area (Å²) in [5.74, 6) is -0.627. The number of hydrogen-bond donors (Lipinski definition) is 1. The Morgan fingerprint density at radius 2 is 2.07 bits per heavy atom. The van der Waals surface area contributed by atoms with Crippen molar-refractivity contribution in [3.8, 4) is 0 Å². The Bertz CT molecular complexity index is 327. The molecule has 0 unspecified atom stereocenters. The molecule has 0 aromatic heterocycles. The van der Waals surface area contributed by atoms with E-state index in [9.17, 15) is 9.59 Å². The second-order valence-corrected chi connectivity index (χ2v) is 4.25. The van der Waals surface area contributed by atoms with Crippen LogP contribution in [0.15, 0.2) is 11.8 Å². The van der Waals surface area contributed by atoms with Crippen LogP contribution in [-0.2, 0) is 14.3 Å². The largest absolute Gasteiger partial charge is 0.450 e. The summed E-state index contributed by atoms with van der Waals surface area (Å²) in [4.78, 5) is 22.3. The molecular formula is C11H15NO3. The highest BCUT2D eigenvalue weighted by Crippen LogP contribution is 2.37. The first-order valence-corrected chi connectivity index (χ1v) is 5.35. The molecule has 1 aliphatic carbocycles. The maximum Gasteiger partial charge on any atom is 0.355 e. The fourth-order valence-corrected chi connectivity index (χ4v) is 2.26. The Morgan fingerprint density at radius 1 is 1.40 bits per heavy atom. The van der Waals surface area contributed by atoms with Crippen LogP contribution in [-0.4, -0.2) is 17.5 Å². The summed E-state index contributed by atoms with van der Waals surface area (Å²) in [6, 6.07) is 0. The van der Waals surface area contributed by atoms with Gasteiger partial charge < -0.3 is 10.1 Å². The van der Waals surface area contributed by atoms with Gasteiger partial charge in [0.25, 0.3) is 0 Å². The molecule has 1 amide bonds. The van der Waals surface area contributed by atoms with E-state index in [4.69, 9.17) is 4.74 Å². The van der Waals surface area contributed by atoms with Gasteiger partial charge in [0.1, 0.15) is 11.3 Å². The number of ether oxygens (including phenoxy) is 1. The number of nitrogens with one attached hydrogen (secondary N) is 1. The van der Waals surface area contributed by atoms with Crippen molar-refractivity contribution in [3.63, 3.8) is 0 Å². The molecule has 0 saturated heterocycles. The van der Waals surface area contributed by atoms with Gasteiger partial charge in [-0.15, -0.1) is 0 Å². The zero-order valence-electron chi connectivity index (χ0n) is 8.84. The third kappa shape index (κ3) is 2.03. The molecule has 2 rings (SSSR count). The molecule has 1 heterocycles. The van der Waals surface area contributed by atoms with Gasteiger partial charge in [-0.05, 0) is 31.8 Å². The summed E-state index contributed by atoms with van der Waals surface area (Å²) in [7, 11) is 0. The number of esters is 1. The maximum atomic E-state index is 11.5. The Hall–Kier alpha value is -1.32. The summed E-state index contributed by atoms with van der Waals surface area (Å²) in [5.41, 5.74) is -0.114. The molecule has 1 aliphatic heterocycles. The average Bonchev–Trinajstić information content (AvgIpc) is 2.43. The van der Waals surface area contributed by atoms with Gasteiger partial charge in [-0.25, -0.2) is 4.79 Å². The SMILES string of the molecule is CC(=O)NC1=CC2(CCCCC2)OC1=O. The Balaban J connectivity index is 2.14. The van der Waals surface area contributed by atoms with Crippen molar-refractivity contribution < 1.29 is 14.3 Å². The van der Waals surface area contributed by atoms with Gasteiger partial charge >= 0.3 is 5.97 Å². The van der Waals surface area contributed by atoms with E-state index in [-0.39, 0.29) is 5.91 Å². The minimum Gasteiger partial charge on any atom is -0.450 e. The highest BCUT2D eigenvalue weighted by atomic mass is 16.6. The minimum atomic E-state index is -0.423. The second kappa shape index (κ2) is 3.68. The highest BCUT2D eigenvalue weighted by Gasteiger charge is 2.41. The van der Waals surface area contributed by atoms with E-state index in [0.29, 0.717) is 5.70 Å². The monoisotopic (exact) mass is 209 g/mol. The molecule has 0 atom stereocenters. The molecule has 0 radical (unpaired) electrons. The molecule has 4 nitrogen and oxygen atoms in total. The lowest BCUT2D eigenvalue weighted by Crippen LogP contribution is -2.30. The van der Waals surface area contributed by atoms with Crippen molar-refractivity contribution in [2.75, 3.05) is 0 Å². The van der Waals surface area contributed by atoms with Crippen LogP contribution < -0.4 is 5.32 Å². The number of rotatable bonds is 1. The fourth-order valence-electron chi connectivity index (χ4n) is 2.26. The minimum absolute atomic E-state index is 0.231. The summed E-state index contributed by atoms with van der Waals surface area (Å²) in [6.45, 7) is 1.39. The Kier molecular flexibility index (Phi) is 2.50. The number of hydrogen-bond acceptors (Lipinski definition) is 3. The first-order chi connectivity index (χ1) is 7.11. The third-order valence-corrected chi connectivity index (χ3v) is 2.93. The van der Waals surface area contributed by atoms with E-state index in [1.807, 2.05) is 0 Å². The van der Waals surface area contributed by atoms with Crippen molar-refractivity contribution in [2.45, 2.75) is 44.6 Å². The van der Waals surface area contributed by atoms with Gasteiger partial charge in [-0.3, -0.25) is 4.79 Å². The molecule has 1 spiro atoms. The number of carbonyl (C=O) groups excluding carboxylic acids is 2. The summed E-state index contributed by atoms with van der Waals surface area (Å²) in [5, 5.41) is 2.51. The zero-order valence-corrected chi connectivity index (χ0v) is 8.84. The van der Waals surface area contributed by atoms with Crippen molar-refractivity contribution in [3.05, 3.63) is 11.8 Å². The summed E-state index contributed by atoms with van der Waals surface area (Å²) < 4.78 is 5.36. The van der Waals surface area contributed by atoms with Gasteiger partial charge in [-0.2, -0.15) is 0 Å². The molecule has 1 N–H and O–H groups in total. The first-order valence-electron chi connectivity index (χ1n) is 5.35. The highest BCUT2D eigenvalue weighted by molar-refractivity contribution is 5.95. The normalized spacial score (nSPS) is 23.5. The second-order valence-electron chi connectivity index (χ2n) is 4.25. The lowest BCUT2D eigenvalue weighted by atomic mass is 9.85. The Morgan fingerprint density at radius 3 is 2.67 bits per heavy atom. The molecule has 1 saturated carbocycles. The standard InChI is InChI=1S/C11H15NO3/c1-8(13)12-9-7-11(15-10(9)14)5-3-2-4-6-11/h7H,2-6H2,1H3,(H,12,13). The number of carbonyl (C=O) groups is 2. The molecule has 82 valence electrons. The van der Waals surface area contributed by atoms with Crippen LogP contribution in [0, 0.1) is 0 Å². The van der Waals surface area contributed by atoms with Crippen molar-refractivity contribution in [1.29, 1.82) is 0 Å².